The van der Waals surface area contributed by atoms with Crippen molar-refractivity contribution in [3.05, 3.63) is 33.9 Å². The molecule has 2 aliphatic heterocycles. The van der Waals surface area contributed by atoms with E-state index in [4.69, 9.17) is 0 Å². The van der Waals surface area contributed by atoms with Crippen LogP contribution >= 0.6 is 0 Å². The molecule has 0 spiro atoms. The summed E-state index contributed by atoms with van der Waals surface area (Å²) in [6.45, 7) is 0.875. The van der Waals surface area contributed by atoms with Crippen molar-refractivity contribution in [3.63, 3.8) is 0 Å². The molecule has 0 bridgehead atoms. The molecule has 15 heteroatoms. The van der Waals surface area contributed by atoms with Gasteiger partial charge < -0.3 is 41.6 Å². The van der Waals surface area contributed by atoms with Crippen LogP contribution < -0.4 is 0 Å². The number of piperidine rings is 1. The Kier molecular flexibility index (Phi) is 22.2. The molecule has 1 unspecified atom stereocenters. The van der Waals surface area contributed by atoms with Gasteiger partial charge in [0.15, 0.2) is 0 Å². The fraction of sp³-hybridized carbons (Fsp3) is 0.600. The van der Waals surface area contributed by atoms with Crippen molar-refractivity contribution in [2.24, 2.45) is 0 Å². The maximum absolute atomic E-state index is 10.4. The molecule has 1 atom stereocenters. The van der Waals surface area contributed by atoms with E-state index in [1.165, 1.54) is 18.4 Å². The molecule has 1 radical (unpaired) electrons. The standard InChI is InChI=1S/C5H10NO3S.C5H6NO3S.Cu.4H2O/c2*7-10(8,9)5-2-1-3-6-4-5;;;;;/h5H,1-4H2,(H,7,8,9);1-3H,4H2,(H,7,8,9);;4*1H2/q2*-1;+2;;;;/p-2. The van der Waals surface area contributed by atoms with E-state index in [-0.39, 0.29) is 57.0 Å². The molecule has 2 rings (SSSR count). The quantitative estimate of drug-likeness (QED) is 0.309. The summed E-state index contributed by atoms with van der Waals surface area (Å²) in [5.41, 5.74) is 0. The van der Waals surface area contributed by atoms with E-state index in [0.717, 1.165) is 6.42 Å². The fourth-order valence-electron chi connectivity index (χ4n) is 1.56. The van der Waals surface area contributed by atoms with E-state index in [9.17, 15) is 25.9 Å². The summed E-state index contributed by atoms with van der Waals surface area (Å²) in [4.78, 5) is -0.171. The summed E-state index contributed by atoms with van der Waals surface area (Å²) in [5.74, 6) is 0. The van der Waals surface area contributed by atoms with Gasteiger partial charge in [-0.3, -0.25) is 0 Å². The Morgan fingerprint density at radius 1 is 1.04 bits per heavy atom. The predicted molar refractivity (Wildman–Crippen MR) is 85.4 cm³/mol. The van der Waals surface area contributed by atoms with Crippen LogP contribution in [0.1, 0.15) is 12.8 Å². The molecule has 0 aliphatic carbocycles. The number of hydrogen-bond acceptors (Lipinski definition) is 6. The van der Waals surface area contributed by atoms with Crippen molar-refractivity contribution in [2.45, 2.75) is 18.1 Å². The topological polar surface area (TPSA) is 269 Å². The molecule has 2 heterocycles. The van der Waals surface area contributed by atoms with Crippen LogP contribution in [0.2, 0.25) is 0 Å². The summed E-state index contributed by atoms with van der Waals surface area (Å²) >= 11 is 0. The van der Waals surface area contributed by atoms with E-state index < -0.39 is 25.5 Å². The first kappa shape index (κ1) is 35.5. The molecule has 1 saturated heterocycles. The smallest absolute Gasteiger partial charge is 0.748 e. The predicted octanol–water partition coefficient (Wildman–Crippen LogP) is -2.92. The molecule has 0 aromatic rings. The average molecular weight is 458 g/mol. The van der Waals surface area contributed by atoms with Gasteiger partial charge in [-0.1, -0.05) is 25.1 Å². The van der Waals surface area contributed by atoms with Crippen LogP contribution in [-0.2, 0) is 37.3 Å². The Bertz CT molecular complexity index is 585. The van der Waals surface area contributed by atoms with Gasteiger partial charge in [-0.15, -0.1) is 13.1 Å². The van der Waals surface area contributed by atoms with Crippen molar-refractivity contribution in [1.82, 2.24) is 0 Å². The Morgan fingerprint density at radius 2 is 1.60 bits per heavy atom. The van der Waals surface area contributed by atoms with Crippen LogP contribution in [0.15, 0.2) is 23.3 Å². The van der Waals surface area contributed by atoms with Gasteiger partial charge in [-0.25, -0.2) is 16.8 Å². The van der Waals surface area contributed by atoms with Gasteiger partial charge in [0.05, 0.1) is 10.1 Å². The molecule has 0 saturated carbocycles. The van der Waals surface area contributed by atoms with Gasteiger partial charge in [0.1, 0.15) is 10.1 Å². The third-order valence-electron chi connectivity index (χ3n) is 2.63. The van der Waals surface area contributed by atoms with Crippen LogP contribution in [-0.4, -0.2) is 72.7 Å². The summed E-state index contributed by atoms with van der Waals surface area (Å²) in [7, 11) is -8.33. The molecule has 2 aliphatic rings. The first-order valence-electron chi connectivity index (χ1n) is 5.77. The molecule has 0 aromatic heterocycles. The zero-order valence-electron chi connectivity index (χ0n) is 12.8. The van der Waals surface area contributed by atoms with Gasteiger partial charge in [0.25, 0.3) is 0 Å². The first-order chi connectivity index (χ1) is 9.21. The van der Waals surface area contributed by atoms with Gasteiger partial charge in [0.2, 0.25) is 0 Å². The minimum atomic E-state index is -4.26. The van der Waals surface area contributed by atoms with Crippen LogP contribution in [0.4, 0.5) is 0 Å². The number of rotatable bonds is 2. The maximum Gasteiger partial charge on any atom is 2.00 e. The summed E-state index contributed by atoms with van der Waals surface area (Å²) in [5, 5.41) is 6.69. The van der Waals surface area contributed by atoms with E-state index in [1.54, 1.807) is 0 Å². The number of nitrogens with zero attached hydrogens (tertiary/aromatic N) is 2. The Labute approximate surface area is 157 Å². The van der Waals surface area contributed by atoms with Crippen molar-refractivity contribution in [1.29, 1.82) is 0 Å². The summed E-state index contributed by atoms with van der Waals surface area (Å²) < 4.78 is 61.9. The first-order valence-corrected chi connectivity index (χ1v) is 8.65. The third-order valence-corrected chi connectivity index (χ3v) is 4.73. The van der Waals surface area contributed by atoms with Gasteiger partial charge >= 0.3 is 17.1 Å². The van der Waals surface area contributed by atoms with Crippen molar-refractivity contribution < 1.29 is 64.9 Å². The Balaban J connectivity index is -0.0000000889. The van der Waals surface area contributed by atoms with Gasteiger partial charge in [-0.05, 0) is 6.42 Å². The SMILES string of the molecule is O.O.O.O.O=S(=O)([O-])C1=CC=C[N-]C1.O=S(=O)([O-])C1CCC[N-]C1.[Cu+2]. The van der Waals surface area contributed by atoms with Crippen molar-refractivity contribution in [3.8, 4) is 0 Å². The Morgan fingerprint density at radius 3 is 1.84 bits per heavy atom. The minimum absolute atomic E-state index is 0. The van der Waals surface area contributed by atoms with E-state index in [2.05, 4.69) is 10.6 Å². The van der Waals surface area contributed by atoms with Gasteiger partial charge in [0, 0.05) is 10.2 Å². The summed E-state index contributed by atoms with van der Waals surface area (Å²) in [6, 6.07) is 0. The second-order valence-electron chi connectivity index (χ2n) is 4.16. The molecule has 12 nitrogen and oxygen atoms in total. The fourth-order valence-corrected chi connectivity index (χ4v) is 2.78. The molecule has 0 aromatic carbocycles. The molecule has 1 fully saturated rings. The van der Waals surface area contributed by atoms with Crippen molar-refractivity contribution >= 4 is 20.2 Å². The average Bonchev–Trinajstić information content (AvgIpc) is 2.40. The monoisotopic (exact) mass is 457 g/mol. The van der Waals surface area contributed by atoms with Crippen molar-refractivity contribution in [2.75, 3.05) is 19.6 Å². The molecule has 8 N–H and O–H groups in total. The maximum atomic E-state index is 10.4. The van der Waals surface area contributed by atoms with Crippen LogP contribution in [0.25, 0.3) is 10.6 Å². The van der Waals surface area contributed by atoms with Crippen LogP contribution in [0, 0.1) is 0 Å². The Hall–Kier alpha value is -0.581. The van der Waals surface area contributed by atoms with Crippen LogP contribution in [0.3, 0.4) is 0 Å². The van der Waals surface area contributed by atoms with E-state index >= 15 is 0 Å². The van der Waals surface area contributed by atoms with Crippen LogP contribution in [0.5, 0.6) is 0 Å². The minimum Gasteiger partial charge on any atom is -0.748 e. The number of hydrogen-bond donors (Lipinski definition) is 0. The zero-order valence-corrected chi connectivity index (χ0v) is 15.4. The normalized spacial score (nSPS) is 18.5. The van der Waals surface area contributed by atoms with E-state index in [0.29, 0.717) is 13.0 Å². The van der Waals surface area contributed by atoms with Gasteiger partial charge in [-0.2, -0.15) is 6.20 Å². The molecular formula is C10H22CuN2O10S2-2. The molecule has 157 valence electrons. The second kappa shape index (κ2) is 15.7. The number of allylic oxidation sites excluding steroid dienone is 2. The molecule has 0 amide bonds. The molecular weight excluding hydrogens is 436 g/mol. The van der Waals surface area contributed by atoms with E-state index in [1.807, 2.05) is 0 Å². The summed E-state index contributed by atoms with van der Waals surface area (Å²) in [6.07, 6.45) is 5.35. The largest absolute Gasteiger partial charge is 2.00 e. The molecule has 25 heavy (non-hydrogen) atoms. The second-order valence-corrected chi connectivity index (χ2v) is 7.24. The third kappa shape index (κ3) is 14.3. The zero-order chi connectivity index (χ0) is 15.2.